The largest absolute Gasteiger partial charge is 0.511 e. The number of carboxylic acid groups (broad SMARTS) is 1. The van der Waals surface area contributed by atoms with Gasteiger partial charge in [-0.3, -0.25) is 0 Å². The minimum Gasteiger partial charge on any atom is -0.449 e. The summed E-state index contributed by atoms with van der Waals surface area (Å²) in [6.45, 7) is 6.67. The van der Waals surface area contributed by atoms with Gasteiger partial charge in [-0.2, -0.15) is 0 Å². The molecule has 0 bridgehead atoms. The average molecular weight is 200 g/mol. The minimum absolute atomic E-state index is 0.185. The second-order valence-electron chi connectivity index (χ2n) is 4.38. The fraction of sp³-hybridized carbons (Fsp3) is 0.667. The number of rotatable bonds is 1. The normalized spacial score (nSPS) is 24.5. The van der Waals surface area contributed by atoms with Gasteiger partial charge in [-0.05, 0) is 33.8 Å². The van der Waals surface area contributed by atoms with Crippen LogP contribution in [0.2, 0.25) is 0 Å². The van der Waals surface area contributed by atoms with Crippen LogP contribution in [-0.4, -0.2) is 27.4 Å². The summed E-state index contributed by atoms with van der Waals surface area (Å²) in [6.07, 6.45) is 0.143. The van der Waals surface area contributed by atoms with Gasteiger partial charge in [0.2, 0.25) is 0 Å². The monoisotopic (exact) mass is 200 g/mol. The van der Waals surface area contributed by atoms with Crippen LogP contribution in [0.25, 0.3) is 0 Å². The van der Waals surface area contributed by atoms with Gasteiger partial charge >= 0.3 is 6.16 Å². The van der Waals surface area contributed by atoms with Crippen molar-refractivity contribution in [2.75, 3.05) is 0 Å². The summed E-state index contributed by atoms with van der Waals surface area (Å²) in [5, 5.41) is 21.0. The van der Waals surface area contributed by atoms with Gasteiger partial charge in [0.1, 0.15) is 11.3 Å². The van der Waals surface area contributed by atoms with E-state index in [4.69, 9.17) is 5.11 Å². The van der Waals surface area contributed by atoms with Crippen LogP contribution in [0.4, 0.5) is 4.79 Å². The first-order valence-corrected chi connectivity index (χ1v) is 4.29. The van der Waals surface area contributed by atoms with Crippen molar-refractivity contribution in [2.24, 2.45) is 0 Å². The lowest BCUT2D eigenvalue weighted by atomic mass is 10.1. The number of nitrogens with zero attached hydrogens (tertiary/aromatic N) is 1. The highest BCUT2D eigenvalue weighted by molar-refractivity contribution is 5.59. The van der Waals surface area contributed by atoms with Crippen molar-refractivity contribution in [3.05, 3.63) is 11.8 Å². The predicted octanol–water partition coefficient (Wildman–Crippen LogP) is 1.78. The Labute approximate surface area is 82.5 Å². The quantitative estimate of drug-likeness (QED) is 0.655. The summed E-state index contributed by atoms with van der Waals surface area (Å²) in [5.74, 6) is 0.185. The van der Waals surface area contributed by atoms with Crippen LogP contribution in [0.5, 0.6) is 0 Å². The van der Waals surface area contributed by atoms with Crippen molar-refractivity contribution >= 4 is 6.16 Å². The molecule has 14 heavy (non-hydrogen) atoms. The minimum atomic E-state index is -1.39. The molecule has 0 amide bonds. The van der Waals surface area contributed by atoms with Crippen LogP contribution in [0, 0.1) is 0 Å². The number of hydroxylamine groups is 2. The summed E-state index contributed by atoms with van der Waals surface area (Å²) in [4.78, 5) is 10.4. The Balaban J connectivity index is 3.00. The maximum atomic E-state index is 11.7. The van der Waals surface area contributed by atoms with Gasteiger partial charge in [0, 0.05) is 0 Å². The molecule has 1 heterocycles. The number of hydrogen-bond donors (Lipinski definition) is 1. The lowest BCUT2D eigenvalue weighted by Crippen LogP contribution is -2.47. The maximum absolute atomic E-state index is 11.7. The van der Waals surface area contributed by atoms with E-state index in [0.29, 0.717) is 0 Å². The number of hydrogen-bond acceptors (Lipinski definition) is 3. The molecule has 79 valence electrons. The number of carbonyl (C=O) groups is 1. The van der Waals surface area contributed by atoms with Crippen molar-refractivity contribution in [1.29, 1.82) is 0 Å². The van der Waals surface area contributed by atoms with Crippen molar-refractivity contribution in [3.8, 4) is 0 Å². The molecule has 0 aromatic heterocycles. The second kappa shape index (κ2) is 2.96. The van der Waals surface area contributed by atoms with E-state index in [1.165, 1.54) is 6.08 Å². The second-order valence-corrected chi connectivity index (χ2v) is 4.38. The zero-order valence-corrected chi connectivity index (χ0v) is 8.70. The van der Waals surface area contributed by atoms with Gasteiger partial charge in [0.05, 0.1) is 5.54 Å². The van der Waals surface area contributed by atoms with Gasteiger partial charge in [-0.25, -0.2) is 4.79 Å². The van der Waals surface area contributed by atoms with Crippen molar-refractivity contribution in [3.63, 3.8) is 0 Å². The van der Waals surface area contributed by atoms with E-state index < -0.39 is 17.2 Å². The first-order chi connectivity index (χ1) is 6.18. The Morgan fingerprint density at radius 1 is 1.43 bits per heavy atom. The zero-order valence-electron chi connectivity index (χ0n) is 8.70. The molecule has 1 aliphatic heterocycles. The molecule has 0 saturated carbocycles. The molecule has 0 aliphatic carbocycles. The smallest absolute Gasteiger partial charge is 0.449 e. The Kier molecular flexibility index (Phi) is 2.33. The van der Waals surface area contributed by atoms with Gasteiger partial charge in [0.25, 0.3) is 0 Å². The van der Waals surface area contributed by atoms with Gasteiger partial charge in [-0.1, -0.05) is 0 Å². The van der Waals surface area contributed by atoms with Gasteiger partial charge < -0.3 is 9.84 Å². The van der Waals surface area contributed by atoms with Crippen molar-refractivity contribution in [2.45, 2.75) is 38.8 Å². The van der Waals surface area contributed by atoms with Crippen LogP contribution in [0.1, 0.15) is 27.7 Å². The predicted molar refractivity (Wildman–Crippen MR) is 47.9 cm³/mol. The lowest BCUT2D eigenvalue weighted by molar-refractivity contribution is -0.242. The highest BCUT2D eigenvalue weighted by Crippen LogP contribution is 2.38. The molecule has 1 aliphatic rings. The third kappa shape index (κ3) is 1.60. The topological polar surface area (TPSA) is 69.7 Å². The molecule has 0 atom stereocenters. The van der Waals surface area contributed by atoms with Crippen LogP contribution >= 0.6 is 0 Å². The SMILES string of the molecule is CC1(C)C=C(OC(=O)O)C(C)(C)N1[O]. The molecule has 5 heteroatoms. The van der Waals surface area contributed by atoms with Crippen LogP contribution in [0.15, 0.2) is 11.8 Å². The third-order valence-corrected chi connectivity index (χ3v) is 2.32. The molecule has 0 aromatic carbocycles. The van der Waals surface area contributed by atoms with Crippen molar-refractivity contribution in [1.82, 2.24) is 5.06 Å². The third-order valence-electron chi connectivity index (χ3n) is 2.32. The van der Waals surface area contributed by atoms with Gasteiger partial charge in [0.15, 0.2) is 0 Å². The molecule has 0 unspecified atom stereocenters. The maximum Gasteiger partial charge on any atom is 0.511 e. The van der Waals surface area contributed by atoms with Crippen LogP contribution < -0.4 is 0 Å². The fourth-order valence-corrected chi connectivity index (χ4v) is 1.62. The first kappa shape index (κ1) is 11.0. The van der Waals surface area contributed by atoms with Crippen molar-refractivity contribution < 1.29 is 19.8 Å². The molecule has 1 radical (unpaired) electrons. The highest BCUT2D eigenvalue weighted by atomic mass is 16.7. The first-order valence-electron chi connectivity index (χ1n) is 4.29. The van der Waals surface area contributed by atoms with E-state index >= 15 is 0 Å². The molecule has 0 aromatic rings. The Hall–Kier alpha value is -1.07. The zero-order chi connectivity index (χ0) is 11.1. The lowest BCUT2D eigenvalue weighted by Gasteiger charge is -2.32. The molecular weight excluding hydrogens is 186 g/mol. The fourth-order valence-electron chi connectivity index (χ4n) is 1.62. The average Bonchev–Trinajstić information content (AvgIpc) is 2.12. The molecule has 1 rings (SSSR count). The van der Waals surface area contributed by atoms with E-state index in [2.05, 4.69) is 4.74 Å². The van der Waals surface area contributed by atoms with Crippen LogP contribution in [-0.2, 0) is 9.94 Å². The molecule has 0 fully saturated rings. The highest BCUT2D eigenvalue weighted by Gasteiger charge is 2.48. The summed E-state index contributed by atoms with van der Waals surface area (Å²) in [6, 6.07) is 0. The molecular formula is C9H14NO4. The van der Waals surface area contributed by atoms with E-state index in [1.54, 1.807) is 27.7 Å². The van der Waals surface area contributed by atoms with E-state index in [1.807, 2.05) is 0 Å². The summed E-state index contributed by atoms with van der Waals surface area (Å²) >= 11 is 0. The van der Waals surface area contributed by atoms with E-state index in [9.17, 15) is 10.0 Å². The summed E-state index contributed by atoms with van der Waals surface area (Å²) in [5.41, 5.74) is -1.66. The van der Waals surface area contributed by atoms with E-state index in [0.717, 1.165) is 5.06 Å². The molecule has 1 N–H and O–H groups in total. The Bertz CT molecular complexity index is 293. The molecule has 0 spiro atoms. The Morgan fingerprint density at radius 3 is 2.21 bits per heavy atom. The number of ether oxygens (including phenoxy) is 1. The molecule has 0 saturated heterocycles. The molecule has 5 nitrogen and oxygen atoms in total. The van der Waals surface area contributed by atoms with Gasteiger partial charge in [-0.15, -0.1) is 10.3 Å². The van der Waals surface area contributed by atoms with Crippen LogP contribution in [0.3, 0.4) is 0 Å². The summed E-state index contributed by atoms with van der Waals surface area (Å²) in [7, 11) is 0. The van der Waals surface area contributed by atoms with E-state index in [-0.39, 0.29) is 5.76 Å². The summed E-state index contributed by atoms with van der Waals surface area (Å²) < 4.78 is 4.57. The Morgan fingerprint density at radius 2 is 1.93 bits per heavy atom. The standard InChI is InChI=1S/C9H14NO4/c1-8(2)5-6(14-7(11)12)9(3,4)10(8)13/h5H,1-4H3,(H,11,12).